The fourth-order valence-corrected chi connectivity index (χ4v) is 2.54. The third-order valence-electron chi connectivity index (χ3n) is 2.99. The van der Waals surface area contributed by atoms with E-state index in [1.54, 1.807) is 0 Å². The summed E-state index contributed by atoms with van der Waals surface area (Å²) in [6, 6.07) is 7.69. The molecule has 0 spiro atoms. The molecule has 0 aliphatic heterocycles. The average Bonchev–Trinajstić information content (AvgIpc) is 2.95. The van der Waals surface area contributed by atoms with Gasteiger partial charge in [0.1, 0.15) is 4.47 Å². The van der Waals surface area contributed by atoms with Crippen molar-refractivity contribution in [3.05, 3.63) is 44.8 Å². The number of imidazole rings is 1. The van der Waals surface area contributed by atoms with E-state index in [0.29, 0.717) is 10.4 Å². The highest BCUT2D eigenvalue weighted by atomic mass is 79.9. The van der Waals surface area contributed by atoms with Crippen LogP contribution >= 0.6 is 15.9 Å². The standard InChI is InChI=1S/C13H13BrN4O/c1-2-5-10-11(14)12(19)18(17-10)13-15-8-6-3-4-7-9(8)16-13/h3-4,6-7,17H,2,5H2,1H3,(H,15,16). The Bertz CT molecular complexity index is 750. The first-order chi connectivity index (χ1) is 9.20. The van der Waals surface area contributed by atoms with Crippen molar-refractivity contribution in [3.8, 4) is 5.95 Å². The largest absolute Gasteiger partial charge is 0.322 e. The zero-order valence-electron chi connectivity index (χ0n) is 10.4. The Morgan fingerprint density at radius 2 is 2.16 bits per heavy atom. The summed E-state index contributed by atoms with van der Waals surface area (Å²) in [5, 5.41) is 3.09. The fraction of sp³-hybridized carbons (Fsp3) is 0.231. The number of H-pyrrole nitrogens is 2. The molecule has 0 aliphatic rings. The number of benzene rings is 1. The van der Waals surface area contributed by atoms with Crippen molar-refractivity contribution in [1.82, 2.24) is 19.7 Å². The number of aromatic nitrogens is 4. The van der Waals surface area contributed by atoms with Crippen LogP contribution in [0.15, 0.2) is 33.5 Å². The normalized spacial score (nSPS) is 11.3. The van der Waals surface area contributed by atoms with Gasteiger partial charge in [-0.3, -0.25) is 9.89 Å². The third kappa shape index (κ3) is 2.02. The van der Waals surface area contributed by atoms with Crippen LogP contribution in [0.1, 0.15) is 19.0 Å². The van der Waals surface area contributed by atoms with E-state index in [4.69, 9.17) is 0 Å². The summed E-state index contributed by atoms with van der Waals surface area (Å²) in [6.07, 6.45) is 1.79. The molecule has 0 radical (unpaired) electrons. The summed E-state index contributed by atoms with van der Waals surface area (Å²) in [5.74, 6) is 0.509. The quantitative estimate of drug-likeness (QED) is 0.779. The summed E-state index contributed by atoms with van der Waals surface area (Å²) >= 11 is 3.34. The van der Waals surface area contributed by atoms with E-state index in [0.717, 1.165) is 29.6 Å². The topological polar surface area (TPSA) is 66.5 Å². The Labute approximate surface area is 117 Å². The molecule has 0 saturated carbocycles. The molecule has 6 heteroatoms. The maximum Gasteiger partial charge on any atom is 0.288 e. The van der Waals surface area contributed by atoms with Gasteiger partial charge in [0, 0.05) is 0 Å². The number of aryl methyl sites for hydroxylation is 1. The highest BCUT2D eigenvalue weighted by Gasteiger charge is 2.14. The lowest BCUT2D eigenvalue weighted by Gasteiger charge is -1.95. The number of para-hydroxylation sites is 2. The van der Waals surface area contributed by atoms with E-state index in [1.807, 2.05) is 24.3 Å². The second-order valence-electron chi connectivity index (χ2n) is 4.37. The molecule has 0 fully saturated rings. The van der Waals surface area contributed by atoms with E-state index in [1.165, 1.54) is 4.68 Å². The summed E-state index contributed by atoms with van der Waals surface area (Å²) in [7, 11) is 0. The summed E-state index contributed by atoms with van der Waals surface area (Å²) in [6.45, 7) is 2.07. The van der Waals surface area contributed by atoms with Crippen LogP contribution in [0.25, 0.3) is 17.0 Å². The van der Waals surface area contributed by atoms with Crippen LogP contribution in [0.4, 0.5) is 0 Å². The van der Waals surface area contributed by atoms with E-state index in [-0.39, 0.29) is 5.56 Å². The highest BCUT2D eigenvalue weighted by molar-refractivity contribution is 9.10. The van der Waals surface area contributed by atoms with Gasteiger partial charge in [0.25, 0.3) is 5.56 Å². The van der Waals surface area contributed by atoms with E-state index < -0.39 is 0 Å². The Balaban J connectivity index is 2.16. The van der Waals surface area contributed by atoms with Gasteiger partial charge in [-0.2, -0.15) is 4.68 Å². The lowest BCUT2D eigenvalue weighted by molar-refractivity contribution is 0.764. The number of hydrogen-bond acceptors (Lipinski definition) is 2. The van der Waals surface area contributed by atoms with E-state index in [2.05, 4.69) is 37.9 Å². The maximum absolute atomic E-state index is 12.2. The molecule has 0 bridgehead atoms. The number of halogens is 1. The minimum Gasteiger partial charge on any atom is -0.322 e. The lowest BCUT2D eigenvalue weighted by Crippen LogP contribution is -2.15. The number of hydrogen-bond donors (Lipinski definition) is 2. The summed E-state index contributed by atoms with van der Waals surface area (Å²) in [5.41, 5.74) is 2.52. The van der Waals surface area contributed by atoms with Crippen molar-refractivity contribution < 1.29 is 0 Å². The molecule has 5 nitrogen and oxygen atoms in total. The minimum absolute atomic E-state index is 0.123. The number of aromatic amines is 2. The number of nitrogens with one attached hydrogen (secondary N) is 2. The van der Waals surface area contributed by atoms with Crippen LogP contribution in [0.3, 0.4) is 0 Å². The average molecular weight is 321 g/mol. The molecular weight excluding hydrogens is 308 g/mol. The van der Waals surface area contributed by atoms with Gasteiger partial charge < -0.3 is 4.98 Å². The highest BCUT2D eigenvalue weighted by Crippen LogP contribution is 2.15. The van der Waals surface area contributed by atoms with Crippen LogP contribution in [0.5, 0.6) is 0 Å². The molecule has 19 heavy (non-hydrogen) atoms. The smallest absolute Gasteiger partial charge is 0.288 e. The van der Waals surface area contributed by atoms with Gasteiger partial charge in [-0.15, -0.1) is 0 Å². The molecule has 1 aromatic carbocycles. The third-order valence-corrected chi connectivity index (χ3v) is 3.81. The van der Waals surface area contributed by atoms with Crippen LogP contribution in [0.2, 0.25) is 0 Å². The zero-order valence-corrected chi connectivity index (χ0v) is 12.0. The van der Waals surface area contributed by atoms with Crippen LogP contribution in [-0.4, -0.2) is 19.7 Å². The molecule has 2 aromatic heterocycles. The predicted molar refractivity (Wildman–Crippen MR) is 77.7 cm³/mol. The van der Waals surface area contributed by atoms with Crippen molar-refractivity contribution >= 4 is 27.0 Å². The second-order valence-corrected chi connectivity index (χ2v) is 5.17. The van der Waals surface area contributed by atoms with E-state index in [9.17, 15) is 4.79 Å². The molecule has 0 aliphatic carbocycles. The molecule has 0 saturated heterocycles. The Kier molecular flexibility index (Phi) is 3.02. The number of fused-ring (bicyclic) bond motifs is 1. The lowest BCUT2D eigenvalue weighted by atomic mass is 10.3. The van der Waals surface area contributed by atoms with Crippen molar-refractivity contribution in [2.24, 2.45) is 0 Å². The van der Waals surface area contributed by atoms with Crippen LogP contribution in [-0.2, 0) is 6.42 Å². The first-order valence-corrected chi connectivity index (χ1v) is 6.94. The zero-order chi connectivity index (χ0) is 13.4. The second kappa shape index (κ2) is 4.70. The van der Waals surface area contributed by atoms with Gasteiger partial charge in [0.15, 0.2) is 0 Å². The summed E-state index contributed by atoms with van der Waals surface area (Å²) < 4.78 is 2.02. The first-order valence-electron chi connectivity index (χ1n) is 6.15. The minimum atomic E-state index is -0.123. The van der Waals surface area contributed by atoms with Crippen molar-refractivity contribution in [3.63, 3.8) is 0 Å². The van der Waals surface area contributed by atoms with Gasteiger partial charge in [-0.05, 0) is 34.5 Å². The van der Waals surface area contributed by atoms with Crippen LogP contribution in [0, 0.1) is 0 Å². The Morgan fingerprint density at radius 1 is 1.37 bits per heavy atom. The van der Waals surface area contributed by atoms with Crippen molar-refractivity contribution in [2.45, 2.75) is 19.8 Å². The SMILES string of the molecule is CCCc1[nH]n(-c2nc3ccccc3[nH]2)c(=O)c1Br. The molecule has 0 amide bonds. The molecule has 3 rings (SSSR count). The molecule has 3 aromatic rings. The Morgan fingerprint density at radius 3 is 2.89 bits per heavy atom. The van der Waals surface area contributed by atoms with Gasteiger partial charge in [-0.1, -0.05) is 25.5 Å². The molecule has 98 valence electrons. The van der Waals surface area contributed by atoms with Crippen LogP contribution < -0.4 is 5.56 Å². The van der Waals surface area contributed by atoms with Gasteiger partial charge in [-0.25, -0.2) is 4.98 Å². The van der Waals surface area contributed by atoms with E-state index >= 15 is 0 Å². The maximum atomic E-state index is 12.2. The van der Waals surface area contributed by atoms with Gasteiger partial charge in [0.05, 0.1) is 16.7 Å². The Hall–Kier alpha value is -1.82. The van der Waals surface area contributed by atoms with Crippen molar-refractivity contribution in [2.75, 3.05) is 0 Å². The summed E-state index contributed by atoms with van der Waals surface area (Å²) in [4.78, 5) is 19.7. The number of rotatable bonds is 3. The first kappa shape index (κ1) is 12.2. The predicted octanol–water partition coefficient (Wildman–Crippen LogP) is 2.76. The van der Waals surface area contributed by atoms with Gasteiger partial charge >= 0.3 is 0 Å². The molecule has 0 atom stereocenters. The molecule has 2 heterocycles. The molecular formula is C13H13BrN4O. The van der Waals surface area contributed by atoms with Gasteiger partial charge in [0.2, 0.25) is 5.95 Å². The number of nitrogens with zero attached hydrogens (tertiary/aromatic N) is 2. The van der Waals surface area contributed by atoms with Crippen molar-refractivity contribution in [1.29, 1.82) is 0 Å². The fourth-order valence-electron chi connectivity index (χ4n) is 2.07. The molecule has 2 N–H and O–H groups in total. The monoisotopic (exact) mass is 320 g/mol. The molecule has 0 unspecified atom stereocenters.